The van der Waals surface area contributed by atoms with Gasteiger partial charge < -0.3 is 24.3 Å². The third kappa shape index (κ3) is 3.97. The van der Waals surface area contributed by atoms with Crippen molar-refractivity contribution in [3.63, 3.8) is 0 Å². The fourth-order valence-corrected chi connectivity index (χ4v) is 3.44. The summed E-state index contributed by atoms with van der Waals surface area (Å²) >= 11 is 0. The Morgan fingerprint density at radius 1 is 1.11 bits per heavy atom. The predicted octanol–water partition coefficient (Wildman–Crippen LogP) is 3.23. The van der Waals surface area contributed by atoms with Crippen LogP contribution in [0.15, 0.2) is 48.7 Å². The van der Waals surface area contributed by atoms with E-state index < -0.39 is 0 Å². The molecule has 1 amide bonds. The molecule has 1 unspecified atom stereocenters. The van der Waals surface area contributed by atoms with Crippen molar-refractivity contribution in [2.45, 2.75) is 6.04 Å². The lowest BCUT2D eigenvalue weighted by atomic mass is 10.0. The van der Waals surface area contributed by atoms with Crippen molar-refractivity contribution in [1.29, 1.82) is 0 Å². The summed E-state index contributed by atoms with van der Waals surface area (Å²) in [6, 6.07) is 13.5. The molecule has 0 saturated carbocycles. The highest BCUT2D eigenvalue weighted by atomic mass is 16.5. The van der Waals surface area contributed by atoms with E-state index in [-0.39, 0.29) is 11.9 Å². The maximum absolute atomic E-state index is 12.8. The zero-order valence-corrected chi connectivity index (χ0v) is 17.0. The molecular formula is C22H27N3O3. The molecule has 1 atom stereocenters. The second-order valence-corrected chi connectivity index (χ2v) is 7.00. The number of nitrogens with zero attached hydrogens (tertiary/aromatic N) is 2. The minimum Gasteiger partial charge on any atom is -0.497 e. The third-order valence-electron chi connectivity index (χ3n) is 4.98. The summed E-state index contributed by atoms with van der Waals surface area (Å²) in [6.07, 6.45) is 2.13. The van der Waals surface area contributed by atoms with Gasteiger partial charge in [-0.1, -0.05) is 18.2 Å². The summed E-state index contributed by atoms with van der Waals surface area (Å²) in [4.78, 5) is 14.9. The van der Waals surface area contributed by atoms with Crippen molar-refractivity contribution in [2.75, 3.05) is 34.9 Å². The van der Waals surface area contributed by atoms with Gasteiger partial charge in [0, 0.05) is 42.3 Å². The fraction of sp³-hybridized carbons (Fsp3) is 0.318. The number of benzene rings is 2. The zero-order chi connectivity index (χ0) is 20.3. The lowest BCUT2D eigenvalue weighted by Crippen LogP contribution is -2.34. The van der Waals surface area contributed by atoms with Crippen molar-refractivity contribution in [2.24, 2.45) is 7.05 Å². The number of rotatable bonds is 7. The largest absolute Gasteiger partial charge is 0.497 e. The number of aromatic nitrogens is 1. The van der Waals surface area contributed by atoms with Crippen LogP contribution in [0.25, 0.3) is 10.9 Å². The highest BCUT2D eigenvalue weighted by Gasteiger charge is 2.20. The standard InChI is InChI=1S/C22H27N3O3/c1-24(2)21(19-14-25(3)20-9-7-6-8-18(19)20)13-23-22(26)15-10-16(27-4)12-17(11-15)28-5/h6-12,14,21H,13H2,1-5H3,(H,23,26). The van der Waals surface area contributed by atoms with Gasteiger partial charge in [0.05, 0.1) is 20.3 Å². The summed E-state index contributed by atoms with van der Waals surface area (Å²) in [5, 5.41) is 4.25. The van der Waals surface area contributed by atoms with E-state index in [2.05, 4.69) is 33.1 Å². The number of likely N-dealkylation sites (N-methyl/N-ethyl adjacent to an activating group) is 1. The molecule has 28 heavy (non-hydrogen) atoms. The van der Waals surface area contributed by atoms with E-state index in [0.717, 1.165) is 0 Å². The lowest BCUT2D eigenvalue weighted by molar-refractivity contribution is 0.0941. The van der Waals surface area contributed by atoms with Crippen molar-refractivity contribution < 1.29 is 14.3 Å². The number of ether oxygens (including phenoxy) is 2. The molecule has 148 valence electrons. The molecule has 0 fully saturated rings. The average Bonchev–Trinajstić information content (AvgIpc) is 3.04. The Morgan fingerprint density at radius 2 is 1.75 bits per heavy atom. The van der Waals surface area contributed by atoms with Gasteiger partial charge in [0.2, 0.25) is 0 Å². The first-order valence-electron chi connectivity index (χ1n) is 9.16. The molecule has 1 heterocycles. The Balaban J connectivity index is 1.83. The summed E-state index contributed by atoms with van der Waals surface area (Å²) < 4.78 is 12.6. The predicted molar refractivity (Wildman–Crippen MR) is 111 cm³/mol. The van der Waals surface area contributed by atoms with Crippen LogP contribution < -0.4 is 14.8 Å². The van der Waals surface area contributed by atoms with Crippen LogP contribution in [0.1, 0.15) is 22.0 Å². The number of carbonyl (C=O) groups is 1. The van der Waals surface area contributed by atoms with Gasteiger partial charge in [0.15, 0.2) is 0 Å². The van der Waals surface area contributed by atoms with Gasteiger partial charge in [0.25, 0.3) is 5.91 Å². The van der Waals surface area contributed by atoms with Crippen molar-refractivity contribution >= 4 is 16.8 Å². The van der Waals surface area contributed by atoms with Crippen molar-refractivity contribution in [1.82, 2.24) is 14.8 Å². The average molecular weight is 381 g/mol. The summed E-state index contributed by atoms with van der Waals surface area (Å²) in [5.74, 6) is 1.01. The Bertz CT molecular complexity index is 956. The van der Waals surface area contributed by atoms with Crippen LogP contribution in [0.4, 0.5) is 0 Å². The molecule has 0 aliphatic carbocycles. The van der Waals surface area contributed by atoms with E-state index in [1.54, 1.807) is 32.4 Å². The third-order valence-corrected chi connectivity index (χ3v) is 4.98. The molecule has 0 bridgehead atoms. The SMILES string of the molecule is COc1cc(OC)cc(C(=O)NCC(c2cn(C)c3ccccc23)N(C)C)c1. The van der Waals surface area contributed by atoms with E-state index >= 15 is 0 Å². The van der Waals surface area contributed by atoms with Crippen LogP contribution >= 0.6 is 0 Å². The zero-order valence-electron chi connectivity index (χ0n) is 17.0. The number of fused-ring (bicyclic) bond motifs is 1. The van der Waals surface area contributed by atoms with Gasteiger partial charge in [-0.3, -0.25) is 4.79 Å². The van der Waals surface area contributed by atoms with Crippen LogP contribution in [0.3, 0.4) is 0 Å². The molecule has 0 saturated heterocycles. The number of carbonyl (C=O) groups excluding carboxylic acids is 1. The molecular weight excluding hydrogens is 354 g/mol. The minimum absolute atomic E-state index is 0.0440. The summed E-state index contributed by atoms with van der Waals surface area (Å²) in [6.45, 7) is 0.485. The molecule has 0 aliphatic heterocycles. The van der Waals surface area contributed by atoms with Gasteiger partial charge in [-0.05, 0) is 37.9 Å². The fourth-order valence-electron chi connectivity index (χ4n) is 3.44. The molecule has 6 heteroatoms. The molecule has 0 aliphatic rings. The molecule has 1 aromatic heterocycles. The Morgan fingerprint density at radius 3 is 2.36 bits per heavy atom. The maximum atomic E-state index is 12.8. The van der Waals surface area contributed by atoms with Crippen LogP contribution in [0, 0.1) is 0 Å². The van der Waals surface area contributed by atoms with E-state index in [9.17, 15) is 4.79 Å². The monoisotopic (exact) mass is 381 g/mol. The van der Waals surface area contributed by atoms with Crippen LogP contribution in [0.2, 0.25) is 0 Å². The molecule has 3 rings (SSSR count). The number of nitrogens with one attached hydrogen (secondary N) is 1. The van der Waals surface area contributed by atoms with Crippen LogP contribution in [0.5, 0.6) is 11.5 Å². The first-order chi connectivity index (χ1) is 13.4. The normalized spacial score (nSPS) is 12.2. The maximum Gasteiger partial charge on any atom is 0.251 e. The molecule has 2 aromatic carbocycles. The van der Waals surface area contributed by atoms with E-state index in [0.29, 0.717) is 23.6 Å². The van der Waals surface area contributed by atoms with Crippen LogP contribution in [-0.4, -0.2) is 50.2 Å². The quantitative estimate of drug-likeness (QED) is 0.683. The summed E-state index contributed by atoms with van der Waals surface area (Å²) in [5.41, 5.74) is 2.87. The number of methoxy groups -OCH3 is 2. The number of hydrogen-bond donors (Lipinski definition) is 1. The van der Waals surface area contributed by atoms with Crippen molar-refractivity contribution in [3.8, 4) is 11.5 Å². The Kier molecular flexibility index (Phi) is 5.90. The highest BCUT2D eigenvalue weighted by Crippen LogP contribution is 2.28. The molecule has 0 radical (unpaired) electrons. The highest BCUT2D eigenvalue weighted by molar-refractivity contribution is 5.95. The lowest BCUT2D eigenvalue weighted by Gasteiger charge is -2.24. The second kappa shape index (κ2) is 8.35. The molecule has 0 spiro atoms. The van der Waals surface area contributed by atoms with Gasteiger partial charge >= 0.3 is 0 Å². The van der Waals surface area contributed by atoms with Gasteiger partial charge in [-0.15, -0.1) is 0 Å². The first kappa shape index (κ1) is 19.8. The van der Waals surface area contributed by atoms with Gasteiger partial charge in [-0.2, -0.15) is 0 Å². The number of amides is 1. The number of hydrogen-bond acceptors (Lipinski definition) is 4. The first-order valence-corrected chi connectivity index (χ1v) is 9.16. The number of para-hydroxylation sites is 1. The van der Waals surface area contributed by atoms with Gasteiger partial charge in [0.1, 0.15) is 11.5 Å². The van der Waals surface area contributed by atoms with E-state index in [1.165, 1.54) is 16.5 Å². The smallest absolute Gasteiger partial charge is 0.251 e. The van der Waals surface area contributed by atoms with E-state index in [4.69, 9.17) is 9.47 Å². The minimum atomic E-state index is -0.163. The Hall–Kier alpha value is -2.99. The number of aryl methyl sites for hydroxylation is 1. The second-order valence-electron chi connectivity index (χ2n) is 7.00. The molecule has 3 aromatic rings. The molecule has 6 nitrogen and oxygen atoms in total. The van der Waals surface area contributed by atoms with Crippen molar-refractivity contribution in [3.05, 3.63) is 59.8 Å². The molecule has 1 N–H and O–H groups in total. The summed E-state index contributed by atoms with van der Waals surface area (Å²) in [7, 11) is 9.22. The van der Waals surface area contributed by atoms with E-state index in [1.807, 2.05) is 33.3 Å². The Labute approximate surface area is 165 Å². The van der Waals surface area contributed by atoms with Crippen LogP contribution in [-0.2, 0) is 7.05 Å². The van der Waals surface area contributed by atoms with Gasteiger partial charge in [-0.25, -0.2) is 0 Å². The topological polar surface area (TPSA) is 55.7 Å².